The smallest absolute Gasteiger partial charge is 0.132 e. The van der Waals surface area contributed by atoms with Gasteiger partial charge in [-0.1, -0.05) is 6.92 Å². The molecule has 0 aliphatic heterocycles. The van der Waals surface area contributed by atoms with Crippen molar-refractivity contribution in [3.05, 3.63) is 18.0 Å². The summed E-state index contributed by atoms with van der Waals surface area (Å²) in [5, 5.41) is 4.03. The van der Waals surface area contributed by atoms with Crippen LogP contribution in [0.25, 0.3) is 0 Å². The van der Waals surface area contributed by atoms with Crippen LogP contribution >= 0.6 is 0 Å². The lowest BCUT2D eigenvalue weighted by Crippen LogP contribution is -1.96. The molecule has 0 unspecified atom stereocenters. The van der Waals surface area contributed by atoms with Crippen LogP contribution in [0, 0.1) is 0 Å². The van der Waals surface area contributed by atoms with Crippen LogP contribution in [0.1, 0.15) is 25.3 Å². The van der Waals surface area contributed by atoms with Gasteiger partial charge in [0, 0.05) is 26.1 Å². The molecular weight excluding hydrogens is 152 g/mol. The number of carbonyl (C=O) groups is 1. The zero-order valence-corrected chi connectivity index (χ0v) is 7.58. The first-order chi connectivity index (χ1) is 5.72. The minimum absolute atomic E-state index is 0.318. The normalized spacial score (nSPS) is 10.2. The SMILES string of the molecule is CCC(=O)CCc1cnn(C)c1. The molecule has 0 saturated heterocycles. The first-order valence-electron chi connectivity index (χ1n) is 4.21. The Kier molecular flexibility index (Phi) is 3.02. The Hall–Kier alpha value is -1.12. The van der Waals surface area contributed by atoms with Gasteiger partial charge in [0.1, 0.15) is 5.78 Å². The van der Waals surface area contributed by atoms with Crippen molar-refractivity contribution < 1.29 is 4.79 Å². The van der Waals surface area contributed by atoms with Crippen molar-refractivity contribution in [1.29, 1.82) is 0 Å². The summed E-state index contributed by atoms with van der Waals surface area (Å²) in [6.07, 6.45) is 5.86. The van der Waals surface area contributed by atoms with Gasteiger partial charge in [0.15, 0.2) is 0 Å². The van der Waals surface area contributed by atoms with Gasteiger partial charge in [0.2, 0.25) is 0 Å². The summed E-state index contributed by atoms with van der Waals surface area (Å²) in [6.45, 7) is 1.89. The van der Waals surface area contributed by atoms with E-state index in [0.29, 0.717) is 18.6 Å². The molecule has 3 heteroatoms. The lowest BCUT2D eigenvalue weighted by molar-refractivity contribution is -0.118. The van der Waals surface area contributed by atoms with E-state index in [1.54, 1.807) is 4.68 Å². The van der Waals surface area contributed by atoms with E-state index in [-0.39, 0.29) is 0 Å². The molecule has 0 bridgehead atoms. The zero-order valence-electron chi connectivity index (χ0n) is 7.58. The van der Waals surface area contributed by atoms with E-state index in [2.05, 4.69) is 5.10 Å². The number of ketones is 1. The molecule has 0 radical (unpaired) electrons. The maximum atomic E-state index is 11.0. The fourth-order valence-corrected chi connectivity index (χ4v) is 1.06. The predicted octanol–water partition coefficient (Wildman–Crippen LogP) is 1.33. The van der Waals surface area contributed by atoms with Crippen LogP contribution in [0.2, 0.25) is 0 Å². The molecular formula is C9H14N2O. The van der Waals surface area contributed by atoms with Crippen molar-refractivity contribution in [1.82, 2.24) is 9.78 Å². The Balaban J connectivity index is 2.38. The van der Waals surface area contributed by atoms with Crippen LogP contribution in [-0.4, -0.2) is 15.6 Å². The lowest BCUT2D eigenvalue weighted by atomic mass is 10.1. The summed E-state index contributed by atoms with van der Waals surface area (Å²) >= 11 is 0. The van der Waals surface area contributed by atoms with Crippen LogP contribution in [0.5, 0.6) is 0 Å². The third-order valence-electron chi connectivity index (χ3n) is 1.85. The Labute approximate surface area is 72.4 Å². The van der Waals surface area contributed by atoms with Crippen molar-refractivity contribution in [2.45, 2.75) is 26.2 Å². The average molecular weight is 166 g/mol. The van der Waals surface area contributed by atoms with E-state index in [4.69, 9.17) is 0 Å². The van der Waals surface area contributed by atoms with E-state index < -0.39 is 0 Å². The molecule has 1 heterocycles. The zero-order chi connectivity index (χ0) is 8.97. The number of hydrogen-bond donors (Lipinski definition) is 0. The number of aryl methyl sites for hydroxylation is 2. The topological polar surface area (TPSA) is 34.9 Å². The minimum Gasteiger partial charge on any atom is -0.300 e. The molecule has 1 rings (SSSR count). The van der Waals surface area contributed by atoms with Crippen molar-refractivity contribution in [2.75, 3.05) is 0 Å². The monoisotopic (exact) mass is 166 g/mol. The van der Waals surface area contributed by atoms with Gasteiger partial charge in [-0.15, -0.1) is 0 Å². The highest BCUT2D eigenvalue weighted by Crippen LogP contribution is 2.02. The van der Waals surface area contributed by atoms with E-state index >= 15 is 0 Å². The van der Waals surface area contributed by atoms with E-state index in [9.17, 15) is 4.79 Å². The number of hydrogen-bond acceptors (Lipinski definition) is 2. The largest absolute Gasteiger partial charge is 0.300 e. The first-order valence-corrected chi connectivity index (χ1v) is 4.21. The van der Waals surface area contributed by atoms with Gasteiger partial charge in [-0.25, -0.2) is 0 Å². The predicted molar refractivity (Wildman–Crippen MR) is 46.8 cm³/mol. The van der Waals surface area contributed by atoms with Crippen molar-refractivity contribution in [3.8, 4) is 0 Å². The maximum Gasteiger partial charge on any atom is 0.132 e. The van der Waals surface area contributed by atoms with Gasteiger partial charge in [-0.05, 0) is 12.0 Å². The van der Waals surface area contributed by atoms with E-state index in [1.807, 2.05) is 26.4 Å². The van der Waals surface area contributed by atoms with Crippen molar-refractivity contribution >= 4 is 5.78 Å². The van der Waals surface area contributed by atoms with Crippen molar-refractivity contribution in [2.24, 2.45) is 7.05 Å². The van der Waals surface area contributed by atoms with Gasteiger partial charge in [-0.2, -0.15) is 5.10 Å². The fourth-order valence-electron chi connectivity index (χ4n) is 1.06. The van der Waals surface area contributed by atoms with Gasteiger partial charge in [0.25, 0.3) is 0 Å². The third-order valence-corrected chi connectivity index (χ3v) is 1.85. The number of rotatable bonds is 4. The fraction of sp³-hybridized carbons (Fsp3) is 0.556. The van der Waals surface area contributed by atoms with Gasteiger partial charge < -0.3 is 0 Å². The minimum atomic E-state index is 0.318. The number of carbonyl (C=O) groups excluding carboxylic acids is 1. The molecule has 66 valence electrons. The van der Waals surface area contributed by atoms with Crippen LogP contribution in [0.15, 0.2) is 12.4 Å². The molecule has 0 aliphatic rings. The molecule has 0 fully saturated rings. The van der Waals surface area contributed by atoms with Gasteiger partial charge in [0.05, 0.1) is 6.20 Å². The number of aromatic nitrogens is 2. The Morgan fingerprint density at radius 3 is 2.92 bits per heavy atom. The van der Waals surface area contributed by atoms with Crippen LogP contribution in [0.4, 0.5) is 0 Å². The second kappa shape index (κ2) is 4.04. The molecule has 0 amide bonds. The molecule has 0 aromatic carbocycles. The third kappa shape index (κ3) is 2.49. The van der Waals surface area contributed by atoms with Crippen LogP contribution in [-0.2, 0) is 18.3 Å². The van der Waals surface area contributed by atoms with Crippen LogP contribution < -0.4 is 0 Å². The van der Waals surface area contributed by atoms with Crippen molar-refractivity contribution in [3.63, 3.8) is 0 Å². The Bertz CT molecular complexity index is 265. The highest BCUT2D eigenvalue weighted by molar-refractivity contribution is 5.78. The highest BCUT2D eigenvalue weighted by Gasteiger charge is 2.00. The highest BCUT2D eigenvalue weighted by atomic mass is 16.1. The molecule has 1 aromatic heterocycles. The summed E-state index contributed by atoms with van der Waals surface area (Å²) < 4.78 is 1.76. The molecule has 12 heavy (non-hydrogen) atoms. The summed E-state index contributed by atoms with van der Waals surface area (Å²) in [5.41, 5.74) is 1.14. The molecule has 0 saturated carbocycles. The average Bonchev–Trinajstić information content (AvgIpc) is 2.47. The van der Waals surface area contributed by atoms with E-state index in [0.717, 1.165) is 12.0 Å². The summed E-state index contributed by atoms with van der Waals surface area (Å²) in [5.74, 6) is 0.318. The molecule has 0 spiro atoms. The molecule has 0 N–H and O–H groups in total. The first kappa shape index (κ1) is 8.97. The Morgan fingerprint density at radius 1 is 1.67 bits per heavy atom. The second-order valence-corrected chi connectivity index (χ2v) is 2.91. The molecule has 1 aromatic rings. The summed E-state index contributed by atoms with van der Waals surface area (Å²) in [7, 11) is 1.88. The van der Waals surface area contributed by atoms with Gasteiger partial charge >= 0.3 is 0 Å². The maximum absolute atomic E-state index is 11.0. The summed E-state index contributed by atoms with van der Waals surface area (Å²) in [4.78, 5) is 11.0. The Morgan fingerprint density at radius 2 is 2.42 bits per heavy atom. The molecule has 3 nitrogen and oxygen atoms in total. The van der Waals surface area contributed by atoms with E-state index in [1.165, 1.54) is 0 Å². The second-order valence-electron chi connectivity index (χ2n) is 2.91. The lowest BCUT2D eigenvalue weighted by Gasteiger charge is -1.93. The van der Waals surface area contributed by atoms with Crippen LogP contribution in [0.3, 0.4) is 0 Å². The molecule has 0 atom stereocenters. The number of Topliss-reactive ketones (excluding diaryl/α,β-unsaturated/α-hetero) is 1. The standard InChI is InChI=1S/C9H14N2O/c1-3-9(12)5-4-8-6-10-11(2)7-8/h6-7H,3-5H2,1-2H3. The number of nitrogens with zero attached hydrogens (tertiary/aromatic N) is 2. The van der Waals surface area contributed by atoms with Gasteiger partial charge in [-0.3, -0.25) is 9.48 Å². The summed E-state index contributed by atoms with van der Waals surface area (Å²) in [6, 6.07) is 0. The quantitative estimate of drug-likeness (QED) is 0.676. The molecule has 0 aliphatic carbocycles.